The Morgan fingerprint density at radius 1 is 1.35 bits per heavy atom. The van der Waals surface area contributed by atoms with E-state index in [0.717, 1.165) is 11.3 Å². The Morgan fingerprint density at radius 3 is 2.65 bits per heavy atom. The van der Waals surface area contributed by atoms with Crippen molar-refractivity contribution in [2.75, 3.05) is 18.1 Å². The number of nitrogens with two attached hydrogens (primary N) is 1. The molecule has 3 N–H and O–H groups in total. The number of nitrogens with zero attached hydrogens (tertiary/aromatic N) is 1. The van der Waals surface area contributed by atoms with Crippen LogP contribution in [0.2, 0.25) is 0 Å². The number of hydrogen-bond acceptors (Lipinski definition) is 3. The van der Waals surface area contributed by atoms with E-state index in [2.05, 4.69) is 17.9 Å². The topological polar surface area (TPSA) is 49.5 Å². The molecule has 0 heterocycles. The number of para-hydroxylation sites is 1. The molecule has 0 aliphatic heterocycles. The molecule has 0 radical (unpaired) electrons. The molecule has 1 fully saturated rings. The average molecular weight is 292 g/mol. The second-order valence-corrected chi connectivity index (χ2v) is 5.98. The molecule has 0 bridgehead atoms. The van der Waals surface area contributed by atoms with E-state index in [0.29, 0.717) is 17.6 Å². The van der Waals surface area contributed by atoms with Gasteiger partial charge < -0.3 is 15.7 Å². The number of thiocarbonyl (C=S) groups is 1. The highest BCUT2D eigenvalue weighted by Crippen LogP contribution is 2.32. The predicted molar refractivity (Wildman–Crippen MR) is 88.4 cm³/mol. The van der Waals surface area contributed by atoms with Crippen LogP contribution in [0.4, 0.5) is 5.69 Å². The van der Waals surface area contributed by atoms with Crippen LogP contribution in [-0.2, 0) is 0 Å². The molecule has 2 rings (SSSR count). The Hall–Kier alpha value is -1.13. The zero-order valence-electron chi connectivity index (χ0n) is 12.1. The third-order valence-corrected chi connectivity index (χ3v) is 4.37. The van der Waals surface area contributed by atoms with Crippen LogP contribution in [0.15, 0.2) is 18.2 Å². The summed E-state index contributed by atoms with van der Waals surface area (Å²) < 4.78 is 0. The largest absolute Gasteiger partial charge is 0.395 e. The van der Waals surface area contributed by atoms with Gasteiger partial charge in [-0.25, -0.2) is 0 Å². The summed E-state index contributed by atoms with van der Waals surface area (Å²) in [5.74, 6) is 0. The van der Waals surface area contributed by atoms with Gasteiger partial charge in [-0.15, -0.1) is 0 Å². The van der Waals surface area contributed by atoms with Gasteiger partial charge in [0.05, 0.1) is 12.3 Å². The second-order valence-electron chi connectivity index (χ2n) is 5.54. The molecular weight excluding hydrogens is 268 g/mol. The van der Waals surface area contributed by atoms with Gasteiger partial charge in [-0.2, -0.15) is 0 Å². The number of benzene rings is 1. The van der Waals surface area contributed by atoms with E-state index in [9.17, 15) is 5.11 Å². The van der Waals surface area contributed by atoms with Gasteiger partial charge in [-0.1, -0.05) is 43.6 Å². The maximum atomic E-state index is 9.44. The van der Waals surface area contributed by atoms with Crippen LogP contribution in [0.25, 0.3) is 0 Å². The summed E-state index contributed by atoms with van der Waals surface area (Å²) in [5.41, 5.74) is 9.11. The maximum absolute atomic E-state index is 9.44. The zero-order chi connectivity index (χ0) is 14.5. The lowest BCUT2D eigenvalue weighted by Gasteiger charge is -2.37. The van der Waals surface area contributed by atoms with Crippen LogP contribution < -0.4 is 10.6 Å². The SMILES string of the molecule is Cc1cccc(C(N)=S)c1N(CCO)C1CCCCC1. The fourth-order valence-corrected chi connectivity index (χ4v) is 3.38. The van der Waals surface area contributed by atoms with Crippen LogP contribution in [-0.4, -0.2) is 29.3 Å². The molecule has 0 unspecified atom stereocenters. The lowest BCUT2D eigenvalue weighted by molar-refractivity contribution is 0.290. The lowest BCUT2D eigenvalue weighted by atomic mass is 9.92. The van der Waals surface area contributed by atoms with Crippen molar-refractivity contribution in [3.05, 3.63) is 29.3 Å². The number of hydrogen-bond donors (Lipinski definition) is 2. The third kappa shape index (κ3) is 3.30. The number of anilines is 1. The summed E-state index contributed by atoms with van der Waals surface area (Å²) in [6.45, 7) is 2.89. The number of aryl methyl sites for hydroxylation is 1. The van der Waals surface area contributed by atoms with Gasteiger partial charge in [0, 0.05) is 18.2 Å². The minimum Gasteiger partial charge on any atom is -0.395 e. The molecule has 1 aliphatic carbocycles. The van der Waals surface area contributed by atoms with Crippen molar-refractivity contribution < 1.29 is 5.11 Å². The van der Waals surface area contributed by atoms with Gasteiger partial charge in [-0.3, -0.25) is 0 Å². The Balaban J connectivity index is 2.39. The number of rotatable bonds is 5. The van der Waals surface area contributed by atoms with Gasteiger partial charge in [0.1, 0.15) is 4.99 Å². The Morgan fingerprint density at radius 2 is 2.05 bits per heavy atom. The number of aliphatic hydroxyl groups excluding tert-OH is 1. The van der Waals surface area contributed by atoms with E-state index in [-0.39, 0.29) is 6.61 Å². The first kappa shape index (κ1) is 15.3. The normalized spacial score (nSPS) is 16.1. The smallest absolute Gasteiger partial charge is 0.106 e. The first-order chi connectivity index (χ1) is 9.65. The molecular formula is C16H24N2OS. The Bertz CT molecular complexity index is 470. The highest BCUT2D eigenvalue weighted by atomic mass is 32.1. The van der Waals surface area contributed by atoms with E-state index >= 15 is 0 Å². The highest BCUT2D eigenvalue weighted by Gasteiger charge is 2.24. The second kappa shape index (κ2) is 7.04. The first-order valence-electron chi connectivity index (χ1n) is 7.42. The van der Waals surface area contributed by atoms with E-state index in [1.165, 1.54) is 37.7 Å². The summed E-state index contributed by atoms with van der Waals surface area (Å²) in [5, 5.41) is 9.44. The molecule has 20 heavy (non-hydrogen) atoms. The van der Waals surface area contributed by atoms with Crippen molar-refractivity contribution in [3.8, 4) is 0 Å². The van der Waals surface area contributed by atoms with E-state index in [1.54, 1.807) is 0 Å². The molecule has 110 valence electrons. The predicted octanol–water partition coefficient (Wildman–Crippen LogP) is 2.76. The van der Waals surface area contributed by atoms with Gasteiger partial charge >= 0.3 is 0 Å². The fourth-order valence-electron chi connectivity index (χ4n) is 3.22. The molecule has 4 heteroatoms. The van der Waals surface area contributed by atoms with E-state index in [4.69, 9.17) is 18.0 Å². The van der Waals surface area contributed by atoms with E-state index < -0.39 is 0 Å². The molecule has 0 amide bonds. The molecule has 0 atom stereocenters. The number of aliphatic hydroxyl groups is 1. The fraction of sp³-hybridized carbons (Fsp3) is 0.562. The zero-order valence-corrected chi connectivity index (χ0v) is 13.0. The molecule has 1 saturated carbocycles. The van der Waals surface area contributed by atoms with Crippen LogP contribution in [0.1, 0.15) is 43.2 Å². The van der Waals surface area contributed by atoms with Crippen LogP contribution >= 0.6 is 12.2 Å². The first-order valence-corrected chi connectivity index (χ1v) is 7.83. The van der Waals surface area contributed by atoms with Crippen LogP contribution in [0, 0.1) is 6.92 Å². The minimum absolute atomic E-state index is 0.154. The molecule has 1 aromatic rings. The monoisotopic (exact) mass is 292 g/mol. The van der Waals surface area contributed by atoms with Crippen molar-refractivity contribution in [1.82, 2.24) is 0 Å². The van der Waals surface area contributed by atoms with Gasteiger partial charge in [-0.05, 0) is 31.4 Å². The maximum Gasteiger partial charge on any atom is 0.106 e. The Labute approximate surface area is 126 Å². The van der Waals surface area contributed by atoms with Gasteiger partial charge in [0.15, 0.2) is 0 Å². The summed E-state index contributed by atoms with van der Waals surface area (Å²) in [6.07, 6.45) is 6.22. The molecule has 3 nitrogen and oxygen atoms in total. The highest BCUT2D eigenvalue weighted by molar-refractivity contribution is 7.80. The van der Waals surface area contributed by atoms with Gasteiger partial charge in [0.25, 0.3) is 0 Å². The van der Waals surface area contributed by atoms with Crippen molar-refractivity contribution >= 4 is 22.9 Å². The van der Waals surface area contributed by atoms with Crippen LogP contribution in [0.5, 0.6) is 0 Å². The minimum atomic E-state index is 0.154. The summed E-state index contributed by atoms with van der Waals surface area (Å²) in [6, 6.07) is 6.55. The van der Waals surface area contributed by atoms with Crippen LogP contribution in [0.3, 0.4) is 0 Å². The van der Waals surface area contributed by atoms with Crippen molar-refractivity contribution in [2.24, 2.45) is 5.73 Å². The standard InChI is InChI=1S/C16H24N2OS/c1-12-6-5-9-14(16(17)20)15(12)18(10-11-19)13-7-3-2-4-8-13/h5-6,9,13,19H,2-4,7-8,10-11H2,1H3,(H2,17,20). The van der Waals surface area contributed by atoms with E-state index in [1.807, 2.05) is 12.1 Å². The third-order valence-electron chi connectivity index (χ3n) is 4.15. The van der Waals surface area contributed by atoms with Gasteiger partial charge in [0.2, 0.25) is 0 Å². The molecule has 0 saturated heterocycles. The summed E-state index contributed by atoms with van der Waals surface area (Å²) >= 11 is 5.20. The lowest BCUT2D eigenvalue weighted by Crippen LogP contribution is -2.40. The molecule has 0 aromatic heterocycles. The Kier molecular flexibility index (Phi) is 5.38. The quantitative estimate of drug-likeness (QED) is 0.819. The van der Waals surface area contributed by atoms with Crippen molar-refractivity contribution in [1.29, 1.82) is 0 Å². The summed E-state index contributed by atoms with van der Waals surface area (Å²) in [7, 11) is 0. The average Bonchev–Trinajstić information content (AvgIpc) is 2.46. The molecule has 0 spiro atoms. The molecule has 1 aliphatic rings. The molecule has 1 aromatic carbocycles. The summed E-state index contributed by atoms with van der Waals surface area (Å²) in [4.78, 5) is 2.76. The van der Waals surface area contributed by atoms with Crippen molar-refractivity contribution in [2.45, 2.75) is 45.1 Å². The van der Waals surface area contributed by atoms with Crippen molar-refractivity contribution in [3.63, 3.8) is 0 Å².